The third-order valence-corrected chi connectivity index (χ3v) is 11.8. The number of hydrogen-bond acceptors (Lipinski definition) is 8. The van der Waals surface area contributed by atoms with Crippen molar-refractivity contribution in [3.8, 4) is 21.7 Å². The van der Waals surface area contributed by atoms with Gasteiger partial charge in [0.1, 0.15) is 5.01 Å². The highest BCUT2D eigenvalue weighted by atomic mass is 35.5. The molecule has 1 N–H and O–H groups in total. The summed E-state index contributed by atoms with van der Waals surface area (Å²) in [6.07, 6.45) is 3.77. The molecule has 1 aliphatic carbocycles. The maximum atomic E-state index is 13.6. The largest absolute Gasteiger partial charge is 0.464 e. The molecule has 3 fully saturated rings. The Balaban J connectivity index is 1.24. The molecule has 2 aromatic heterocycles. The van der Waals surface area contributed by atoms with E-state index in [-0.39, 0.29) is 6.61 Å². The number of carbonyl (C=O) groups is 1. The number of benzene rings is 3. The molecule has 0 unspecified atom stereocenters. The van der Waals surface area contributed by atoms with Crippen LogP contribution in [0.3, 0.4) is 0 Å². The number of halogens is 1. The first-order valence-electron chi connectivity index (χ1n) is 18.1. The third kappa shape index (κ3) is 6.48. The fourth-order valence-corrected chi connectivity index (χ4v) is 8.89. The van der Waals surface area contributed by atoms with Crippen LogP contribution in [0.4, 0.5) is 0 Å². The molecule has 3 aliphatic rings. The summed E-state index contributed by atoms with van der Waals surface area (Å²) in [7, 11) is 0. The number of ether oxygens (including phenoxy) is 2. The molecule has 1 saturated carbocycles. The van der Waals surface area contributed by atoms with Gasteiger partial charge in [-0.05, 0) is 121 Å². The number of rotatable bonds is 9. The zero-order chi connectivity index (χ0) is 34.7. The van der Waals surface area contributed by atoms with Crippen LogP contribution >= 0.6 is 22.9 Å². The number of carbonyl (C=O) groups excluding carboxylic acids is 1. The molecule has 0 bridgehead atoms. The van der Waals surface area contributed by atoms with Crippen molar-refractivity contribution in [2.24, 2.45) is 0 Å². The molecule has 2 aliphatic heterocycles. The van der Waals surface area contributed by atoms with Gasteiger partial charge in [0.15, 0.2) is 6.10 Å². The lowest BCUT2D eigenvalue weighted by atomic mass is 9.90. The van der Waals surface area contributed by atoms with Gasteiger partial charge in [-0.15, -0.1) is 11.3 Å². The second kappa shape index (κ2) is 13.3. The van der Waals surface area contributed by atoms with Gasteiger partial charge in [0.25, 0.3) is 0 Å². The van der Waals surface area contributed by atoms with Gasteiger partial charge in [-0.1, -0.05) is 23.7 Å². The summed E-state index contributed by atoms with van der Waals surface area (Å²) in [6, 6.07) is 17.9. The number of esters is 1. The van der Waals surface area contributed by atoms with Crippen molar-refractivity contribution < 1.29 is 14.3 Å². The molecule has 50 heavy (non-hydrogen) atoms. The van der Waals surface area contributed by atoms with Crippen LogP contribution in [0, 0.1) is 6.92 Å². The predicted octanol–water partition coefficient (Wildman–Crippen LogP) is 8.85. The molecule has 0 radical (unpaired) electrons. The zero-order valence-corrected chi connectivity index (χ0v) is 31.2. The summed E-state index contributed by atoms with van der Waals surface area (Å²) >= 11 is 8.02. The first-order valence-corrected chi connectivity index (χ1v) is 19.3. The minimum atomic E-state index is -0.908. The van der Waals surface area contributed by atoms with Gasteiger partial charge in [-0.25, -0.2) is 9.78 Å². The lowest BCUT2D eigenvalue weighted by Gasteiger charge is -2.42. The van der Waals surface area contributed by atoms with E-state index in [1.807, 2.05) is 58.9 Å². The SMILES string of the molecule is CCOC(=O)[C@@H](OC(C)(C)C)c1c(C)cc2nc(-c3ccc4c(c3)c(C3CCN(C5CNC5)CC3)nn4C3CC3)sc2c1-c1ccc(Cl)cc1. The number of fused-ring (bicyclic) bond motifs is 2. The first-order chi connectivity index (χ1) is 24.1. The molecule has 8 nitrogen and oxygen atoms in total. The number of aryl methyl sites for hydroxylation is 1. The lowest BCUT2D eigenvalue weighted by molar-refractivity contribution is -0.166. The summed E-state index contributed by atoms with van der Waals surface area (Å²) in [6.45, 7) is 14.5. The molecule has 8 rings (SSSR count). The van der Waals surface area contributed by atoms with Gasteiger partial charge < -0.3 is 14.8 Å². The van der Waals surface area contributed by atoms with Crippen molar-refractivity contribution in [1.29, 1.82) is 0 Å². The highest BCUT2D eigenvalue weighted by Crippen LogP contribution is 2.46. The predicted molar refractivity (Wildman–Crippen MR) is 202 cm³/mol. The molecule has 262 valence electrons. The fourth-order valence-electron chi connectivity index (χ4n) is 7.64. The Morgan fingerprint density at radius 1 is 1.02 bits per heavy atom. The van der Waals surface area contributed by atoms with E-state index in [0.717, 1.165) is 82.1 Å². The van der Waals surface area contributed by atoms with Crippen molar-refractivity contribution in [2.75, 3.05) is 32.8 Å². The maximum absolute atomic E-state index is 13.6. The standard InChI is InChI=1S/C40H46ClN5O3S/c1-6-48-39(47)36(49-40(3,4)5)33-23(2)19-31-37(34(33)24-7-10-27(41)11-8-24)50-38(43-31)26-9-14-32-30(20-26)35(44-46(32)28-12-13-28)25-15-17-45(18-16-25)29-21-42-22-29/h7-11,14,19-20,25,28-29,36,42H,6,12-13,15-18,21-22H2,1-5H3/t36-/m0/s1. The van der Waals surface area contributed by atoms with Gasteiger partial charge in [0.2, 0.25) is 0 Å². The molecular weight excluding hydrogens is 666 g/mol. The van der Waals surface area contributed by atoms with E-state index in [2.05, 4.69) is 39.2 Å². The van der Waals surface area contributed by atoms with Gasteiger partial charge in [-0.2, -0.15) is 5.10 Å². The van der Waals surface area contributed by atoms with Crippen LogP contribution in [0.2, 0.25) is 5.02 Å². The number of piperidine rings is 1. The van der Waals surface area contributed by atoms with E-state index >= 15 is 0 Å². The van der Waals surface area contributed by atoms with Crippen molar-refractivity contribution in [1.82, 2.24) is 25.0 Å². The Labute approximate surface area is 303 Å². The Bertz CT molecular complexity index is 2050. The first kappa shape index (κ1) is 33.8. The molecule has 10 heteroatoms. The van der Waals surface area contributed by atoms with E-state index in [0.29, 0.717) is 23.0 Å². The monoisotopic (exact) mass is 711 g/mol. The number of nitrogens with one attached hydrogen (secondary N) is 1. The second-order valence-electron chi connectivity index (χ2n) is 15.1. The van der Waals surface area contributed by atoms with E-state index in [9.17, 15) is 4.79 Å². The molecule has 0 amide bonds. The van der Waals surface area contributed by atoms with Gasteiger partial charge in [-0.3, -0.25) is 9.58 Å². The second-order valence-corrected chi connectivity index (χ2v) is 16.6. The van der Waals surface area contributed by atoms with E-state index in [1.54, 1.807) is 11.3 Å². The van der Waals surface area contributed by atoms with E-state index in [4.69, 9.17) is 31.2 Å². The number of nitrogens with zero attached hydrogens (tertiary/aromatic N) is 4. The van der Waals surface area contributed by atoms with Crippen LogP contribution < -0.4 is 5.32 Å². The molecule has 4 heterocycles. The molecule has 1 atom stereocenters. The van der Waals surface area contributed by atoms with Gasteiger partial charge >= 0.3 is 5.97 Å². The Kier molecular flexibility index (Phi) is 9.01. The zero-order valence-electron chi connectivity index (χ0n) is 29.6. The highest BCUT2D eigenvalue weighted by molar-refractivity contribution is 7.22. The van der Waals surface area contributed by atoms with Crippen LogP contribution in [0.1, 0.15) is 88.3 Å². The summed E-state index contributed by atoms with van der Waals surface area (Å²) in [4.78, 5) is 21.5. The van der Waals surface area contributed by atoms with Crippen molar-refractivity contribution in [3.63, 3.8) is 0 Å². The Hall–Kier alpha value is -3.34. The van der Waals surface area contributed by atoms with Crippen LogP contribution in [-0.2, 0) is 14.3 Å². The summed E-state index contributed by atoms with van der Waals surface area (Å²) in [5, 5.41) is 11.6. The Morgan fingerprint density at radius 3 is 2.38 bits per heavy atom. The van der Waals surface area contributed by atoms with Crippen LogP contribution in [-0.4, -0.2) is 70.1 Å². The van der Waals surface area contributed by atoms with Crippen molar-refractivity contribution >= 4 is 50.0 Å². The summed E-state index contributed by atoms with van der Waals surface area (Å²) < 4.78 is 15.4. The molecule has 5 aromatic rings. The number of aromatic nitrogens is 3. The molecular formula is C40H46ClN5O3S. The summed E-state index contributed by atoms with van der Waals surface area (Å²) in [5.74, 6) is 0.0578. The topological polar surface area (TPSA) is 81.5 Å². The van der Waals surface area contributed by atoms with Crippen molar-refractivity contribution in [2.45, 2.75) is 90.0 Å². The van der Waals surface area contributed by atoms with Crippen LogP contribution in [0.25, 0.3) is 42.8 Å². The third-order valence-electron chi connectivity index (χ3n) is 10.4. The van der Waals surface area contributed by atoms with E-state index in [1.165, 1.54) is 29.4 Å². The average molecular weight is 712 g/mol. The minimum absolute atomic E-state index is 0.268. The number of likely N-dealkylation sites (tertiary alicyclic amines) is 1. The van der Waals surface area contributed by atoms with Gasteiger partial charge in [0, 0.05) is 52.1 Å². The van der Waals surface area contributed by atoms with E-state index < -0.39 is 17.7 Å². The number of hydrogen-bond donors (Lipinski definition) is 1. The lowest BCUT2D eigenvalue weighted by Crippen LogP contribution is -2.58. The highest BCUT2D eigenvalue weighted by Gasteiger charge is 2.35. The smallest absolute Gasteiger partial charge is 0.339 e. The maximum Gasteiger partial charge on any atom is 0.339 e. The Morgan fingerprint density at radius 2 is 1.74 bits per heavy atom. The fraction of sp³-hybridized carbons (Fsp3) is 0.475. The van der Waals surface area contributed by atoms with Gasteiger partial charge in [0.05, 0.1) is 39.7 Å². The minimum Gasteiger partial charge on any atom is -0.464 e. The molecule has 0 spiro atoms. The summed E-state index contributed by atoms with van der Waals surface area (Å²) in [5.41, 5.74) is 7.48. The average Bonchev–Trinajstić information content (AvgIpc) is 3.71. The van der Waals surface area contributed by atoms with Crippen LogP contribution in [0.15, 0.2) is 48.5 Å². The normalized spacial score (nSPS) is 18.5. The van der Waals surface area contributed by atoms with Crippen molar-refractivity contribution in [3.05, 3.63) is 70.4 Å². The quantitative estimate of drug-likeness (QED) is 0.153. The molecule has 2 saturated heterocycles. The molecule has 3 aromatic carbocycles. The number of thiazole rings is 1. The van der Waals surface area contributed by atoms with Crippen LogP contribution in [0.5, 0.6) is 0 Å².